The van der Waals surface area contributed by atoms with Gasteiger partial charge in [0.1, 0.15) is 0 Å². The summed E-state index contributed by atoms with van der Waals surface area (Å²) >= 11 is 0. The van der Waals surface area contributed by atoms with Gasteiger partial charge < -0.3 is 5.21 Å². The van der Waals surface area contributed by atoms with E-state index in [1.54, 1.807) is 18.2 Å². The van der Waals surface area contributed by atoms with Crippen LogP contribution in [-0.4, -0.2) is 16.7 Å². The Hall–Kier alpha value is -2.42. The Kier molecular flexibility index (Phi) is 2.05. The number of Topliss-reactive ketones (excluding diaryl/α,β-unsaturated/α-hetero) is 1. The highest BCUT2D eigenvalue weighted by molar-refractivity contribution is 6.54. The van der Waals surface area contributed by atoms with Gasteiger partial charge in [-0.3, -0.25) is 4.79 Å². The summed E-state index contributed by atoms with van der Waals surface area (Å²) in [6.07, 6.45) is 0. The summed E-state index contributed by atoms with van der Waals surface area (Å²) < 4.78 is 0. The van der Waals surface area contributed by atoms with Crippen molar-refractivity contribution in [2.24, 2.45) is 5.16 Å². The third kappa shape index (κ3) is 1.29. The lowest BCUT2D eigenvalue weighted by molar-refractivity contribution is 0.106. The molecule has 0 saturated heterocycles. The number of carbonyl (C=O) groups excluding carboxylic acids is 1. The molecule has 3 rings (SSSR count). The van der Waals surface area contributed by atoms with E-state index in [-0.39, 0.29) is 11.5 Å². The molecule has 0 amide bonds. The molecule has 17 heavy (non-hydrogen) atoms. The first-order chi connectivity index (χ1) is 8.33. The van der Waals surface area contributed by atoms with Crippen molar-refractivity contribution in [3.8, 4) is 11.1 Å². The highest BCUT2D eigenvalue weighted by atomic mass is 16.4. The van der Waals surface area contributed by atoms with Gasteiger partial charge in [-0.15, -0.1) is 0 Å². The van der Waals surface area contributed by atoms with Crippen molar-refractivity contribution in [1.29, 1.82) is 0 Å². The number of nitrogens with zero attached hydrogens (tertiary/aromatic N) is 1. The van der Waals surface area contributed by atoms with Crippen LogP contribution in [0.1, 0.15) is 15.9 Å². The Bertz CT molecular complexity index is 644. The lowest BCUT2D eigenvalue weighted by Gasteiger charge is -2.18. The predicted octanol–water partition coefficient (Wildman–Crippen LogP) is 2.73. The second-order valence-corrected chi connectivity index (χ2v) is 3.87. The van der Waals surface area contributed by atoms with Crippen LogP contribution in [-0.2, 0) is 0 Å². The van der Waals surface area contributed by atoms with E-state index in [0.717, 1.165) is 11.1 Å². The molecule has 2 aromatic rings. The van der Waals surface area contributed by atoms with Crippen LogP contribution in [0.3, 0.4) is 0 Å². The molecule has 0 spiro atoms. The van der Waals surface area contributed by atoms with E-state index >= 15 is 0 Å². The van der Waals surface area contributed by atoms with Crippen molar-refractivity contribution in [2.75, 3.05) is 0 Å². The van der Waals surface area contributed by atoms with E-state index in [4.69, 9.17) is 5.21 Å². The monoisotopic (exact) mass is 223 g/mol. The number of hydrogen-bond donors (Lipinski definition) is 1. The van der Waals surface area contributed by atoms with Crippen LogP contribution in [0.15, 0.2) is 53.7 Å². The molecule has 3 nitrogen and oxygen atoms in total. The normalized spacial score (nSPS) is 15.5. The molecule has 0 heterocycles. The number of fused-ring (bicyclic) bond motifs is 3. The maximum absolute atomic E-state index is 12.1. The first kappa shape index (κ1) is 9.78. The molecule has 1 N–H and O–H groups in total. The fraction of sp³-hybridized carbons (Fsp3) is 0. The summed E-state index contributed by atoms with van der Waals surface area (Å²) in [6, 6.07) is 14.8. The molecule has 0 unspecified atom stereocenters. The minimum Gasteiger partial charge on any atom is -0.410 e. The van der Waals surface area contributed by atoms with Gasteiger partial charge in [0.15, 0.2) is 5.71 Å². The lowest BCUT2D eigenvalue weighted by Crippen LogP contribution is -2.22. The summed E-state index contributed by atoms with van der Waals surface area (Å²) in [6.45, 7) is 0. The minimum absolute atomic E-state index is 0.110. The number of benzene rings is 2. The molecule has 0 fully saturated rings. The van der Waals surface area contributed by atoms with Gasteiger partial charge in [-0.1, -0.05) is 53.7 Å². The highest BCUT2D eigenvalue weighted by Gasteiger charge is 2.28. The Morgan fingerprint density at radius 2 is 1.24 bits per heavy atom. The van der Waals surface area contributed by atoms with Gasteiger partial charge >= 0.3 is 0 Å². The molecule has 0 aliphatic heterocycles. The van der Waals surface area contributed by atoms with Crippen molar-refractivity contribution in [2.45, 2.75) is 0 Å². The van der Waals surface area contributed by atoms with E-state index in [2.05, 4.69) is 5.16 Å². The van der Waals surface area contributed by atoms with Crippen molar-refractivity contribution in [3.63, 3.8) is 0 Å². The summed E-state index contributed by atoms with van der Waals surface area (Å²) in [5.41, 5.74) is 3.19. The zero-order valence-corrected chi connectivity index (χ0v) is 8.92. The molecule has 0 saturated carbocycles. The van der Waals surface area contributed by atoms with E-state index in [0.29, 0.717) is 11.1 Å². The van der Waals surface area contributed by atoms with Crippen molar-refractivity contribution in [3.05, 3.63) is 59.7 Å². The molecule has 0 atom stereocenters. The van der Waals surface area contributed by atoms with Gasteiger partial charge in [0.25, 0.3) is 0 Å². The van der Waals surface area contributed by atoms with Gasteiger partial charge in [0.05, 0.1) is 0 Å². The number of hydrogen-bond acceptors (Lipinski definition) is 3. The first-order valence-corrected chi connectivity index (χ1v) is 5.28. The van der Waals surface area contributed by atoms with Crippen LogP contribution in [0.2, 0.25) is 0 Å². The van der Waals surface area contributed by atoms with Crippen molar-refractivity contribution in [1.82, 2.24) is 0 Å². The minimum atomic E-state index is -0.234. The summed E-state index contributed by atoms with van der Waals surface area (Å²) in [5.74, 6) is -0.234. The second kappa shape index (κ2) is 3.56. The third-order valence-corrected chi connectivity index (χ3v) is 2.96. The standard InChI is InChI=1S/C14H9NO2/c16-14-12-8-4-2-6-10(12)9-5-1-3-7-11(9)13(14)15-17/h1-8,17H/b15-13+. The number of rotatable bonds is 0. The molecule has 2 aromatic carbocycles. The number of ketones is 1. The topological polar surface area (TPSA) is 49.7 Å². The van der Waals surface area contributed by atoms with Crippen LogP contribution in [0.4, 0.5) is 0 Å². The Morgan fingerprint density at radius 1 is 0.765 bits per heavy atom. The van der Waals surface area contributed by atoms with E-state index < -0.39 is 0 Å². The van der Waals surface area contributed by atoms with Crippen LogP contribution in [0.5, 0.6) is 0 Å². The smallest absolute Gasteiger partial charge is 0.216 e. The van der Waals surface area contributed by atoms with Gasteiger partial charge in [-0.2, -0.15) is 0 Å². The largest absolute Gasteiger partial charge is 0.410 e. The van der Waals surface area contributed by atoms with E-state index in [9.17, 15) is 4.79 Å². The molecule has 0 bridgehead atoms. The molecule has 0 radical (unpaired) electrons. The fourth-order valence-electron chi connectivity index (χ4n) is 2.19. The van der Waals surface area contributed by atoms with Crippen molar-refractivity contribution < 1.29 is 10.0 Å². The van der Waals surface area contributed by atoms with Crippen LogP contribution in [0.25, 0.3) is 11.1 Å². The number of oxime groups is 1. The van der Waals surface area contributed by atoms with Gasteiger partial charge in [-0.05, 0) is 11.1 Å². The quantitative estimate of drug-likeness (QED) is 0.551. The SMILES string of the molecule is O=C1/C(=N/O)c2ccccc2-c2ccccc21. The third-order valence-electron chi connectivity index (χ3n) is 2.96. The van der Waals surface area contributed by atoms with Gasteiger partial charge in [0.2, 0.25) is 5.78 Å². The highest BCUT2D eigenvalue weighted by Crippen LogP contribution is 2.33. The molecular weight excluding hydrogens is 214 g/mol. The summed E-state index contributed by atoms with van der Waals surface area (Å²) in [5, 5.41) is 12.1. The number of carbonyl (C=O) groups is 1. The molecule has 82 valence electrons. The summed E-state index contributed by atoms with van der Waals surface area (Å²) in [7, 11) is 0. The van der Waals surface area contributed by atoms with Crippen LogP contribution in [0, 0.1) is 0 Å². The Labute approximate surface area is 98.0 Å². The molecule has 0 aromatic heterocycles. The summed E-state index contributed by atoms with van der Waals surface area (Å²) in [4.78, 5) is 12.1. The van der Waals surface area contributed by atoms with Gasteiger partial charge in [-0.25, -0.2) is 0 Å². The van der Waals surface area contributed by atoms with Gasteiger partial charge in [0, 0.05) is 11.1 Å². The van der Waals surface area contributed by atoms with E-state index in [1.165, 1.54) is 0 Å². The Morgan fingerprint density at radius 3 is 1.82 bits per heavy atom. The Balaban J connectivity index is 2.41. The maximum Gasteiger partial charge on any atom is 0.216 e. The van der Waals surface area contributed by atoms with Crippen LogP contribution >= 0.6 is 0 Å². The fourth-order valence-corrected chi connectivity index (χ4v) is 2.19. The first-order valence-electron chi connectivity index (χ1n) is 5.28. The van der Waals surface area contributed by atoms with E-state index in [1.807, 2.05) is 30.3 Å². The second-order valence-electron chi connectivity index (χ2n) is 3.87. The molecule has 3 heteroatoms. The van der Waals surface area contributed by atoms with Crippen LogP contribution < -0.4 is 0 Å². The average molecular weight is 223 g/mol. The average Bonchev–Trinajstić information content (AvgIpc) is 2.40. The zero-order chi connectivity index (χ0) is 11.8. The van der Waals surface area contributed by atoms with Crippen molar-refractivity contribution >= 4 is 11.5 Å². The molecule has 1 aliphatic rings. The predicted molar refractivity (Wildman–Crippen MR) is 64.5 cm³/mol. The lowest BCUT2D eigenvalue weighted by atomic mass is 9.83. The maximum atomic E-state index is 12.1. The molecular formula is C14H9NO2. The zero-order valence-electron chi connectivity index (χ0n) is 8.92. The molecule has 1 aliphatic carbocycles.